The molecule has 1 rings (SSSR count). The van der Waals surface area contributed by atoms with Crippen LogP contribution in [0.25, 0.3) is 0 Å². The third kappa shape index (κ3) is 6.97. The van der Waals surface area contributed by atoms with Crippen LogP contribution in [0.2, 0.25) is 0 Å². The van der Waals surface area contributed by atoms with E-state index in [2.05, 4.69) is 5.32 Å². The van der Waals surface area contributed by atoms with Gasteiger partial charge in [-0.05, 0) is 19.8 Å². The molecule has 10 heteroatoms. The Hall–Kier alpha value is -1.09. The highest BCUT2D eigenvalue weighted by atomic mass is 35.5. The van der Waals surface area contributed by atoms with Crippen molar-refractivity contribution in [2.45, 2.75) is 39.3 Å². The Kier molecular flexibility index (Phi) is 11.3. The number of nitrogens with one attached hydrogen (secondary N) is 1. The van der Waals surface area contributed by atoms with E-state index in [9.17, 15) is 14.4 Å². The minimum atomic E-state index is -0.729. The van der Waals surface area contributed by atoms with Gasteiger partial charge in [0, 0.05) is 26.2 Å². The summed E-state index contributed by atoms with van der Waals surface area (Å²) in [6.45, 7) is 9.35. The maximum atomic E-state index is 12.1. The van der Waals surface area contributed by atoms with Gasteiger partial charge in [-0.15, -0.1) is 24.8 Å². The fourth-order valence-corrected chi connectivity index (χ4v) is 2.37. The van der Waals surface area contributed by atoms with Crippen LogP contribution in [0.15, 0.2) is 0 Å². The molecule has 0 aromatic rings. The van der Waals surface area contributed by atoms with Crippen molar-refractivity contribution in [3.8, 4) is 0 Å². The molecule has 0 bridgehead atoms. The van der Waals surface area contributed by atoms with Crippen molar-refractivity contribution >= 4 is 42.5 Å². The Morgan fingerprint density at radius 3 is 1.96 bits per heavy atom. The lowest BCUT2D eigenvalue weighted by Crippen LogP contribution is -2.61. The zero-order valence-electron chi connectivity index (χ0n) is 15.3. The molecule has 0 aromatic carbocycles. The van der Waals surface area contributed by atoms with Gasteiger partial charge in [-0.25, -0.2) is 0 Å². The SMILES string of the molecule is CC(C)[C@H](N)C(=O)NCC(=O)N1CCN(C(C)(C)C(N)=O)CC1.Cl.Cl. The number of halogens is 2. The van der Waals surface area contributed by atoms with Gasteiger partial charge < -0.3 is 21.7 Å². The number of amides is 3. The number of primary amides is 1. The van der Waals surface area contributed by atoms with Crippen LogP contribution in [0, 0.1) is 5.92 Å². The summed E-state index contributed by atoms with van der Waals surface area (Å²) >= 11 is 0. The third-order valence-corrected chi connectivity index (χ3v) is 4.46. The number of carbonyl (C=O) groups excluding carboxylic acids is 3. The predicted molar refractivity (Wildman–Crippen MR) is 102 cm³/mol. The van der Waals surface area contributed by atoms with E-state index in [-0.39, 0.29) is 55.0 Å². The largest absolute Gasteiger partial charge is 0.368 e. The minimum Gasteiger partial charge on any atom is -0.368 e. The molecule has 25 heavy (non-hydrogen) atoms. The summed E-state index contributed by atoms with van der Waals surface area (Å²) in [6, 6.07) is -0.615. The van der Waals surface area contributed by atoms with Gasteiger partial charge in [0.15, 0.2) is 0 Å². The topological polar surface area (TPSA) is 122 Å². The van der Waals surface area contributed by atoms with E-state index < -0.39 is 11.6 Å². The van der Waals surface area contributed by atoms with Gasteiger partial charge in [0.2, 0.25) is 17.7 Å². The number of hydrogen-bond acceptors (Lipinski definition) is 5. The van der Waals surface area contributed by atoms with Gasteiger partial charge in [0.1, 0.15) is 0 Å². The van der Waals surface area contributed by atoms with Crippen molar-refractivity contribution in [1.29, 1.82) is 0 Å². The quantitative estimate of drug-likeness (QED) is 0.546. The molecule has 1 atom stereocenters. The van der Waals surface area contributed by atoms with Crippen molar-refractivity contribution in [3.63, 3.8) is 0 Å². The van der Waals surface area contributed by atoms with Crippen LogP contribution >= 0.6 is 24.8 Å². The lowest BCUT2D eigenvalue weighted by atomic mass is 10.0. The second-order valence-corrected chi connectivity index (χ2v) is 6.78. The highest BCUT2D eigenvalue weighted by Gasteiger charge is 2.35. The van der Waals surface area contributed by atoms with Gasteiger partial charge in [0.25, 0.3) is 0 Å². The van der Waals surface area contributed by atoms with Crippen LogP contribution in [0.1, 0.15) is 27.7 Å². The summed E-state index contributed by atoms with van der Waals surface area (Å²) in [4.78, 5) is 39.0. The number of nitrogens with two attached hydrogens (primary N) is 2. The van der Waals surface area contributed by atoms with Crippen molar-refractivity contribution in [1.82, 2.24) is 15.1 Å². The standard InChI is InChI=1S/C15H29N5O3.2ClH/c1-10(2)12(16)13(22)18-9-11(21)19-5-7-20(8-6-19)15(3,4)14(17)23;;/h10,12H,5-9,16H2,1-4H3,(H2,17,23)(H,18,22);2*1H/t12-;;/m0../s1. The zero-order chi connectivity index (χ0) is 17.8. The highest BCUT2D eigenvalue weighted by molar-refractivity contribution is 5.87. The molecule has 1 aliphatic heterocycles. The first kappa shape index (κ1) is 26.1. The molecule has 8 nitrogen and oxygen atoms in total. The molecule has 0 spiro atoms. The summed E-state index contributed by atoms with van der Waals surface area (Å²) in [6.07, 6.45) is 0. The molecular formula is C15H31Cl2N5O3. The van der Waals surface area contributed by atoms with E-state index in [0.29, 0.717) is 26.2 Å². The predicted octanol–water partition coefficient (Wildman–Crippen LogP) is -0.662. The first-order valence-electron chi connectivity index (χ1n) is 7.93. The molecule has 0 radical (unpaired) electrons. The molecule has 0 saturated carbocycles. The molecule has 3 amide bonds. The molecule has 1 saturated heterocycles. The Labute approximate surface area is 161 Å². The lowest BCUT2D eigenvalue weighted by molar-refractivity contribution is -0.137. The van der Waals surface area contributed by atoms with Crippen molar-refractivity contribution in [2.75, 3.05) is 32.7 Å². The molecule has 5 N–H and O–H groups in total. The monoisotopic (exact) mass is 399 g/mol. The zero-order valence-corrected chi connectivity index (χ0v) is 16.9. The number of piperazine rings is 1. The Balaban J connectivity index is 0. The van der Waals surface area contributed by atoms with Crippen molar-refractivity contribution in [2.24, 2.45) is 17.4 Å². The lowest BCUT2D eigenvalue weighted by Gasteiger charge is -2.42. The fraction of sp³-hybridized carbons (Fsp3) is 0.800. The molecule has 0 aromatic heterocycles. The first-order valence-corrected chi connectivity index (χ1v) is 7.93. The summed E-state index contributed by atoms with van der Waals surface area (Å²) in [5.41, 5.74) is 10.4. The maximum Gasteiger partial charge on any atom is 0.242 e. The Morgan fingerprint density at radius 1 is 1.08 bits per heavy atom. The van der Waals surface area contributed by atoms with Gasteiger partial charge in [-0.3, -0.25) is 19.3 Å². The van der Waals surface area contributed by atoms with E-state index in [4.69, 9.17) is 11.5 Å². The Morgan fingerprint density at radius 2 is 1.56 bits per heavy atom. The fourth-order valence-electron chi connectivity index (χ4n) is 2.37. The van der Waals surface area contributed by atoms with Crippen LogP contribution in [-0.4, -0.2) is 71.8 Å². The minimum absolute atomic E-state index is 0. The third-order valence-electron chi connectivity index (χ3n) is 4.46. The van der Waals surface area contributed by atoms with Crippen LogP contribution in [-0.2, 0) is 14.4 Å². The molecule has 148 valence electrons. The molecule has 1 heterocycles. The number of hydrogen-bond donors (Lipinski definition) is 3. The molecular weight excluding hydrogens is 369 g/mol. The summed E-state index contributed by atoms with van der Waals surface area (Å²) in [7, 11) is 0. The summed E-state index contributed by atoms with van der Waals surface area (Å²) in [5.74, 6) is -0.829. The van der Waals surface area contributed by atoms with E-state index in [1.807, 2.05) is 18.7 Å². The van der Waals surface area contributed by atoms with E-state index in [1.54, 1.807) is 18.7 Å². The van der Waals surface area contributed by atoms with Crippen LogP contribution in [0.4, 0.5) is 0 Å². The van der Waals surface area contributed by atoms with Crippen LogP contribution in [0.5, 0.6) is 0 Å². The van der Waals surface area contributed by atoms with Gasteiger partial charge in [0.05, 0.1) is 18.1 Å². The average molecular weight is 400 g/mol. The normalized spacial score (nSPS) is 16.5. The van der Waals surface area contributed by atoms with E-state index in [0.717, 1.165) is 0 Å². The van der Waals surface area contributed by atoms with Gasteiger partial charge in [-0.2, -0.15) is 0 Å². The Bertz CT molecular complexity index is 466. The van der Waals surface area contributed by atoms with Crippen LogP contribution in [0.3, 0.4) is 0 Å². The second-order valence-electron chi connectivity index (χ2n) is 6.78. The highest BCUT2D eigenvalue weighted by Crippen LogP contribution is 2.16. The van der Waals surface area contributed by atoms with Crippen molar-refractivity contribution in [3.05, 3.63) is 0 Å². The smallest absolute Gasteiger partial charge is 0.242 e. The molecule has 1 fully saturated rings. The average Bonchev–Trinajstić information content (AvgIpc) is 2.51. The first-order chi connectivity index (χ1) is 10.6. The number of nitrogens with zero attached hydrogens (tertiary/aromatic N) is 2. The second kappa shape index (κ2) is 10.8. The van der Waals surface area contributed by atoms with Gasteiger partial charge >= 0.3 is 0 Å². The molecule has 1 aliphatic rings. The van der Waals surface area contributed by atoms with E-state index in [1.165, 1.54) is 0 Å². The van der Waals surface area contributed by atoms with E-state index >= 15 is 0 Å². The van der Waals surface area contributed by atoms with Crippen molar-refractivity contribution < 1.29 is 14.4 Å². The maximum absolute atomic E-state index is 12.1. The number of rotatable bonds is 6. The number of carbonyl (C=O) groups is 3. The molecule has 0 aliphatic carbocycles. The molecule has 0 unspecified atom stereocenters. The van der Waals surface area contributed by atoms with Crippen LogP contribution < -0.4 is 16.8 Å². The summed E-state index contributed by atoms with van der Waals surface area (Å²) in [5, 5.41) is 2.58. The van der Waals surface area contributed by atoms with Gasteiger partial charge in [-0.1, -0.05) is 13.8 Å². The summed E-state index contributed by atoms with van der Waals surface area (Å²) < 4.78 is 0.